The van der Waals surface area contributed by atoms with Crippen LogP contribution in [-0.2, 0) is 0 Å². The number of fused-ring (bicyclic) bond motifs is 1. The summed E-state index contributed by atoms with van der Waals surface area (Å²) in [5.74, 6) is 0.121. The summed E-state index contributed by atoms with van der Waals surface area (Å²) in [5.41, 5.74) is 2.95. The van der Waals surface area contributed by atoms with Crippen LogP contribution in [0.3, 0.4) is 0 Å². The zero-order chi connectivity index (χ0) is 16.4. The first-order valence-corrected chi connectivity index (χ1v) is 8.61. The van der Waals surface area contributed by atoms with Crippen molar-refractivity contribution in [1.29, 1.82) is 0 Å². The average Bonchev–Trinajstić information content (AvgIpc) is 2.96. The lowest BCUT2D eigenvalue weighted by atomic mass is 10.0. The molecule has 122 valence electrons. The Hall–Kier alpha value is -2.62. The van der Waals surface area contributed by atoms with Gasteiger partial charge in [0.25, 0.3) is 5.91 Å². The number of amides is 1. The highest BCUT2D eigenvalue weighted by molar-refractivity contribution is 5.98. The molecule has 1 saturated heterocycles. The van der Waals surface area contributed by atoms with Gasteiger partial charge in [-0.25, -0.2) is 0 Å². The number of nitrogens with zero attached hydrogens (tertiary/aromatic N) is 2. The number of pyridine rings is 1. The number of likely N-dealkylation sites (tertiary alicyclic amines) is 1. The molecule has 3 aromatic rings. The van der Waals surface area contributed by atoms with E-state index in [4.69, 9.17) is 0 Å². The second-order valence-corrected chi connectivity index (χ2v) is 6.42. The Morgan fingerprint density at radius 2 is 1.96 bits per heavy atom. The summed E-state index contributed by atoms with van der Waals surface area (Å²) >= 11 is 0. The summed E-state index contributed by atoms with van der Waals surface area (Å²) in [6.45, 7) is 0.814. The molecular formula is C20H21N3O. The molecule has 0 bridgehead atoms. The molecule has 24 heavy (non-hydrogen) atoms. The minimum absolute atomic E-state index is 0.121. The van der Waals surface area contributed by atoms with Crippen LogP contribution < -0.4 is 0 Å². The molecule has 0 saturated carbocycles. The Morgan fingerprint density at radius 3 is 2.83 bits per heavy atom. The Balaban J connectivity index is 1.68. The Bertz CT molecular complexity index is 840. The number of carbonyl (C=O) groups excluding carboxylic acids is 1. The standard InChI is InChI=1S/C20H21N3O/c24-20(17-6-5-15-9-12-22-18(15)14-17)23-13-3-1-2-4-19(23)16-7-10-21-11-8-16/h5-12,14,19,22H,1-4,13H2/t19-/m0/s1. The van der Waals surface area contributed by atoms with Gasteiger partial charge in [-0.2, -0.15) is 0 Å². The quantitative estimate of drug-likeness (QED) is 0.764. The van der Waals surface area contributed by atoms with E-state index in [0.717, 1.165) is 42.3 Å². The molecule has 1 atom stereocenters. The van der Waals surface area contributed by atoms with E-state index < -0.39 is 0 Å². The molecule has 1 amide bonds. The van der Waals surface area contributed by atoms with E-state index in [0.29, 0.717) is 0 Å². The van der Waals surface area contributed by atoms with Crippen molar-refractivity contribution in [2.45, 2.75) is 31.7 Å². The van der Waals surface area contributed by atoms with Crippen LogP contribution in [0.15, 0.2) is 55.0 Å². The molecular weight excluding hydrogens is 298 g/mol. The fraction of sp³-hybridized carbons (Fsp3) is 0.300. The summed E-state index contributed by atoms with van der Waals surface area (Å²) in [6, 6.07) is 12.1. The predicted molar refractivity (Wildman–Crippen MR) is 94.8 cm³/mol. The highest BCUT2D eigenvalue weighted by Gasteiger charge is 2.27. The maximum Gasteiger partial charge on any atom is 0.254 e. The van der Waals surface area contributed by atoms with Crippen LogP contribution in [0.5, 0.6) is 0 Å². The fourth-order valence-electron chi connectivity index (χ4n) is 3.63. The molecule has 0 unspecified atom stereocenters. The molecule has 0 spiro atoms. The summed E-state index contributed by atoms with van der Waals surface area (Å²) in [5, 5.41) is 1.13. The summed E-state index contributed by atoms with van der Waals surface area (Å²) < 4.78 is 0. The van der Waals surface area contributed by atoms with Gasteiger partial charge >= 0.3 is 0 Å². The highest BCUT2D eigenvalue weighted by atomic mass is 16.2. The van der Waals surface area contributed by atoms with Crippen molar-refractivity contribution in [3.8, 4) is 0 Å². The van der Waals surface area contributed by atoms with Crippen molar-refractivity contribution in [2.75, 3.05) is 6.54 Å². The zero-order valence-electron chi connectivity index (χ0n) is 13.6. The van der Waals surface area contributed by atoms with Crippen LogP contribution in [0.1, 0.15) is 47.6 Å². The van der Waals surface area contributed by atoms with Crippen LogP contribution >= 0.6 is 0 Å². The number of benzene rings is 1. The van der Waals surface area contributed by atoms with Gasteiger partial charge in [0.15, 0.2) is 0 Å². The molecule has 2 aromatic heterocycles. The molecule has 1 aliphatic heterocycles. The Morgan fingerprint density at radius 1 is 1.08 bits per heavy atom. The SMILES string of the molecule is O=C(c1ccc2cc[nH]c2c1)N1CCCCC[C@H]1c1ccncc1. The van der Waals surface area contributed by atoms with E-state index in [1.54, 1.807) is 0 Å². The smallest absolute Gasteiger partial charge is 0.254 e. The van der Waals surface area contributed by atoms with E-state index in [2.05, 4.69) is 9.97 Å². The maximum atomic E-state index is 13.2. The average molecular weight is 319 g/mol. The van der Waals surface area contributed by atoms with E-state index in [-0.39, 0.29) is 11.9 Å². The van der Waals surface area contributed by atoms with Gasteiger partial charge < -0.3 is 9.88 Å². The van der Waals surface area contributed by atoms with Crippen LogP contribution in [0, 0.1) is 0 Å². The fourth-order valence-corrected chi connectivity index (χ4v) is 3.63. The van der Waals surface area contributed by atoms with Crippen molar-refractivity contribution in [1.82, 2.24) is 14.9 Å². The number of rotatable bonds is 2. The molecule has 4 nitrogen and oxygen atoms in total. The van der Waals surface area contributed by atoms with Gasteiger partial charge in [0.2, 0.25) is 0 Å². The normalized spacial score (nSPS) is 18.5. The van der Waals surface area contributed by atoms with Crippen LogP contribution in [-0.4, -0.2) is 27.3 Å². The molecule has 4 heteroatoms. The van der Waals surface area contributed by atoms with E-state index in [1.807, 2.05) is 59.9 Å². The molecule has 1 N–H and O–H groups in total. The lowest BCUT2D eigenvalue weighted by molar-refractivity contribution is 0.0681. The predicted octanol–water partition coefficient (Wildman–Crippen LogP) is 4.32. The van der Waals surface area contributed by atoms with Crippen molar-refractivity contribution in [2.24, 2.45) is 0 Å². The largest absolute Gasteiger partial charge is 0.361 e. The highest BCUT2D eigenvalue weighted by Crippen LogP contribution is 2.31. The van der Waals surface area contributed by atoms with Crippen LogP contribution in [0.25, 0.3) is 10.9 Å². The number of hydrogen-bond acceptors (Lipinski definition) is 2. The van der Waals surface area contributed by atoms with E-state index in [9.17, 15) is 4.79 Å². The second kappa shape index (κ2) is 6.48. The first-order chi connectivity index (χ1) is 11.8. The lowest BCUT2D eigenvalue weighted by Crippen LogP contribution is -2.34. The first-order valence-electron chi connectivity index (χ1n) is 8.61. The van der Waals surface area contributed by atoms with Crippen LogP contribution in [0.2, 0.25) is 0 Å². The minimum Gasteiger partial charge on any atom is -0.361 e. The van der Waals surface area contributed by atoms with Gasteiger partial charge in [0.05, 0.1) is 6.04 Å². The van der Waals surface area contributed by atoms with Crippen molar-refractivity contribution >= 4 is 16.8 Å². The second-order valence-electron chi connectivity index (χ2n) is 6.42. The zero-order valence-corrected chi connectivity index (χ0v) is 13.6. The van der Waals surface area contributed by atoms with Gasteiger partial charge in [-0.05, 0) is 54.1 Å². The summed E-state index contributed by atoms with van der Waals surface area (Å²) in [4.78, 5) is 22.6. The number of hydrogen-bond donors (Lipinski definition) is 1. The number of aromatic amines is 1. The monoisotopic (exact) mass is 319 g/mol. The van der Waals surface area contributed by atoms with Crippen LogP contribution in [0.4, 0.5) is 0 Å². The molecule has 0 aliphatic carbocycles. The molecule has 1 fully saturated rings. The van der Waals surface area contributed by atoms with Crippen molar-refractivity contribution in [3.63, 3.8) is 0 Å². The van der Waals surface area contributed by atoms with Gasteiger partial charge in [-0.15, -0.1) is 0 Å². The molecule has 1 aromatic carbocycles. The van der Waals surface area contributed by atoms with Gasteiger partial charge in [0.1, 0.15) is 0 Å². The number of H-pyrrole nitrogens is 1. The molecule has 3 heterocycles. The number of nitrogens with one attached hydrogen (secondary N) is 1. The van der Waals surface area contributed by atoms with Gasteiger partial charge in [-0.3, -0.25) is 9.78 Å². The lowest BCUT2D eigenvalue weighted by Gasteiger charge is -2.30. The Labute approximate surface area is 141 Å². The molecule has 4 rings (SSSR count). The topological polar surface area (TPSA) is 49.0 Å². The van der Waals surface area contributed by atoms with E-state index in [1.165, 1.54) is 12.0 Å². The maximum absolute atomic E-state index is 13.2. The van der Waals surface area contributed by atoms with Crippen molar-refractivity contribution in [3.05, 3.63) is 66.1 Å². The molecule has 1 aliphatic rings. The number of aromatic nitrogens is 2. The summed E-state index contributed by atoms with van der Waals surface area (Å²) in [7, 11) is 0. The number of carbonyl (C=O) groups is 1. The van der Waals surface area contributed by atoms with Gasteiger partial charge in [0, 0.05) is 36.2 Å². The third kappa shape index (κ3) is 2.80. The third-order valence-corrected chi connectivity index (χ3v) is 4.91. The third-order valence-electron chi connectivity index (χ3n) is 4.91. The van der Waals surface area contributed by atoms with E-state index >= 15 is 0 Å². The van der Waals surface area contributed by atoms with Crippen molar-refractivity contribution < 1.29 is 4.79 Å². The minimum atomic E-state index is 0.121. The first kappa shape index (κ1) is 14.9. The Kier molecular flexibility index (Phi) is 4.03. The van der Waals surface area contributed by atoms with Gasteiger partial charge in [-0.1, -0.05) is 18.9 Å². The summed E-state index contributed by atoms with van der Waals surface area (Å²) in [6.07, 6.45) is 9.96. The molecule has 0 radical (unpaired) electrons.